The first-order valence-electron chi connectivity index (χ1n) is 10.5. The van der Waals surface area contributed by atoms with E-state index in [0.717, 1.165) is 5.56 Å². The number of amides is 2. The number of benzene rings is 2. The molecule has 7 nitrogen and oxygen atoms in total. The van der Waals surface area contributed by atoms with Gasteiger partial charge >= 0.3 is 5.97 Å². The van der Waals surface area contributed by atoms with Crippen molar-refractivity contribution in [3.8, 4) is 0 Å². The van der Waals surface area contributed by atoms with Gasteiger partial charge in [0.05, 0.1) is 17.7 Å². The van der Waals surface area contributed by atoms with Gasteiger partial charge in [-0.3, -0.25) is 9.59 Å². The molecule has 0 saturated carbocycles. The van der Waals surface area contributed by atoms with Crippen molar-refractivity contribution >= 4 is 32.8 Å². The lowest BCUT2D eigenvalue weighted by atomic mass is 9.98. The Bertz CT molecular complexity index is 1030. The van der Waals surface area contributed by atoms with Gasteiger partial charge in [0.25, 0.3) is 5.24 Å². The van der Waals surface area contributed by atoms with Gasteiger partial charge in [0.1, 0.15) is 12.6 Å². The average Bonchev–Trinajstić information content (AvgIpc) is 2.97. The van der Waals surface area contributed by atoms with Gasteiger partial charge in [-0.2, -0.15) is 0 Å². The smallest absolute Gasteiger partial charge is 0.330 e. The van der Waals surface area contributed by atoms with Crippen molar-refractivity contribution in [2.24, 2.45) is 0 Å². The van der Waals surface area contributed by atoms with Crippen LogP contribution in [0.1, 0.15) is 25.8 Å². The molecule has 32 heavy (non-hydrogen) atoms. The number of aliphatic hydroxyl groups excluding tert-OH is 1. The second-order valence-electron chi connectivity index (χ2n) is 8.64. The molecule has 2 aliphatic rings. The van der Waals surface area contributed by atoms with E-state index in [4.69, 9.17) is 4.74 Å². The van der Waals surface area contributed by atoms with E-state index in [-0.39, 0.29) is 24.2 Å². The Labute approximate surface area is 189 Å². The van der Waals surface area contributed by atoms with Crippen LogP contribution in [0.25, 0.3) is 0 Å². The molecular weight excluding hydrogens is 428 g/mol. The van der Waals surface area contributed by atoms with Gasteiger partial charge in [0.2, 0.25) is 5.91 Å². The molecule has 3 atom stereocenters. The fraction of sp³-hybridized carbons (Fsp3) is 0.375. The summed E-state index contributed by atoms with van der Waals surface area (Å²) in [6, 6.07) is 17.5. The highest BCUT2D eigenvalue weighted by Gasteiger charge is 2.72. The van der Waals surface area contributed by atoms with Crippen LogP contribution in [0.4, 0.5) is 10.5 Å². The molecule has 2 heterocycles. The fourth-order valence-corrected chi connectivity index (χ4v) is 9.04. The van der Waals surface area contributed by atoms with Crippen molar-refractivity contribution in [2.45, 2.75) is 43.0 Å². The van der Waals surface area contributed by atoms with Gasteiger partial charge in [-0.25, -0.2) is 4.79 Å². The zero-order chi connectivity index (χ0) is 23.1. The zero-order valence-electron chi connectivity index (χ0n) is 18.4. The van der Waals surface area contributed by atoms with Crippen LogP contribution < -0.4 is 4.90 Å². The van der Waals surface area contributed by atoms with Crippen LogP contribution in [0.2, 0.25) is 0 Å². The van der Waals surface area contributed by atoms with Crippen molar-refractivity contribution in [2.75, 3.05) is 17.9 Å². The normalized spacial score (nSPS) is 25.6. The number of hydrogen-bond acceptors (Lipinski definition) is 5. The number of carbonyl (C=O) groups excluding carboxylic acids is 3. The minimum atomic E-state index is -2.51. The molecular formula is C24H28N2O5S. The third-order valence-electron chi connectivity index (χ3n) is 6.67. The van der Waals surface area contributed by atoms with E-state index in [9.17, 15) is 19.5 Å². The molecule has 0 aliphatic carbocycles. The summed E-state index contributed by atoms with van der Waals surface area (Å²) in [7, 11) is -0.837. The molecule has 2 aliphatic heterocycles. The Hall–Kier alpha value is -2.84. The Morgan fingerprint density at radius 1 is 1.12 bits per heavy atom. The van der Waals surface area contributed by atoms with E-state index in [1.807, 2.05) is 60.7 Å². The van der Waals surface area contributed by atoms with Crippen molar-refractivity contribution < 1.29 is 24.2 Å². The number of esters is 1. The fourth-order valence-electron chi connectivity index (χ4n) is 4.79. The Morgan fingerprint density at radius 2 is 1.72 bits per heavy atom. The van der Waals surface area contributed by atoms with Crippen molar-refractivity contribution in [3.63, 3.8) is 0 Å². The maximum Gasteiger partial charge on any atom is 0.330 e. The van der Waals surface area contributed by atoms with Crippen molar-refractivity contribution in [1.29, 1.82) is 0 Å². The number of nitrogens with zero attached hydrogens (tertiary/aromatic N) is 2. The number of para-hydroxylation sites is 1. The highest BCUT2D eigenvalue weighted by Crippen LogP contribution is 2.74. The maximum absolute atomic E-state index is 13.9. The van der Waals surface area contributed by atoms with Gasteiger partial charge < -0.3 is 19.6 Å². The topological polar surface area (TPSA) is 87.2 Å². The summed E-state index contributed by atoms with van der Waals surface area (Å²) in [5.41, 5.74) is 1.53. The first-order chi connectivity index (χ1) is 15.3. The third kappa shape index (κ3) is 3.20. The number of aliphatic hydroxyl groups is 1. The highest BCUT2D eigenvalue weighted by atomic mass is 32.3. The molecule has 2 fully saturated rings. The van der Waals surface area contributed by atoms with Crippen LogP contribution in [0.15, 0.2) is 60.7 Å². The summed E-state index contributed by atoms with van der Waals surface area (Å²) in [5.74, 6) is -1.13. The summed E-state index contributed by atoms with van der Waals surface area (Å²) < 4.78 is 4.62. The molecule has 2 amide bonds. The zero-order valence-corrected chi connectivity index (χ0v) is 19.2. The molecule has 0 radical (unpaired) electrons. The standard InChI is InChI=1S/C24H28N2O5S/c1-24(2)21(22(29)31-15-17-10-6-4-7-11-17)26-19(28)14-20(26)32(24,16-27)23(30)25(3)18-12-8-5-9-13-18/h4-13,20-21,27H,14-16H2,1-3H3/t20-,21+/m1/s1. The van der Waals surface area contributed by atoms with E-state index in [1.54, 1.807) is 20.9 Å². The van der Waals surface area contributed by atoms with Gasteiger partial charge in [0.15, 0.2) is 0 Å². The van der Waals surface area contributed by atoms with Gasteiger partial charge in [-0.05, 0) is 31.5 Å². The highest BCUT2D eigenvalue weighted by molar-refractivity contribution is 8.46. The third-order valence-corrected chi connectivity index (χ3v) is 11.4. The number of rotatable bonds is 5. The van der Waals surface area contributed by atoms with Crippen LogP contribution in [-0.2, 0) is 20.9 Å². The van der Waals surface area contributed by atoms with E-state index in [0.29, 0.717) is 5.69 Å². The summed E-state index contributed by atoms with van der Waals surface area (Å²) in [4.78, 5) is 42.7. The van der Waals surface area contributed by atoms with E-state index in [2.05, 4.69) is 0 Å². The number of ether oxygens (including phenoxy) is 1. The summed E-state index contributed by atoms with van der Waals surface area (Å²) in [6.45, 7) is 3.68. The molecule has 2 aromatic carbocycles. The molecule has 8 heteroatoms. The van der Waals surface area contributed by atoms with Crippen molar-refractivity contribution in [3.05, 3.63) is 66.2 Å². The Morgan fingerprint density at radius 3 is 2.28 bits per heavy atom. The van der Waals surface area contributed by atoms with Crippen LogP contribution in [-0.4, -0.2) is 56.3 Å². The second-order valence-corrected chi connectivity index (χ2v) is 12.4. The first-order valence-corrected chi connectivity index (χ1v) is 12.4. The average molecular weight is 457 g/mol. The number of carbonyl (C=O) groups is 3. The van der Waals surface area contributed by atoms with E-state index in [1.165, 1.54) is 9.80 Å². The molecule has 4 rings (SSSR count). The molecule has 2 aromatic rings. The van der Waals surface area contributed by atoms with Crippen LogP contribution in [0.3, 0.4) is 0 Å². The molecule has 0 unspecified atom stereocenters. The second kappa shape index (κ2) is 8.26. The Kier molecular flexibility index (Phi) is 5.77. The maximum atomic E-state index is 13.9. The summed E-state index contributed by atoms with van der Waals surface area (Å²) >= 11 is 0. The van der Waals surface area contributed by atoms with Gasteiger partial charge in [0, 0.05) is 17.5 Å². The number of anilines is 1. The quantitative estimate of drug-likeness (QED) is 0.550. The predicted molar refractivity (Wildman–Crippen MR) is 124 cm³/mol. The minimum absolute atomic E-state index is 0.0816. The minimum Gasteiger partial charge on any atom is -0.459 e. The number of hydrogen-bond donors (Lipinski definition) is 1. The van der Waals surface area contributed by atoms with E-state index >= 15 is 0 Å². The molecule has 2 saturated heterocycles. The lowest BCUT2D eigenvalue weighted by Crippen LogP contribution is -2.57. The molecule has 0 bridgehead atoms. The lowest BCUT2D eigenvalue weighted by molar-refractivity contribution is -0.162. The van der Waals surface area contributed by atoms with E-state index < -0.39 is 38.1 Å². The molecule has 0 aromatic heterocycles. The Balaban J connectivity index is 1.66. The summed E-state index contributed by atoms with van der Waals surface area (Å²) in [5, 5.41) is 9.91. The van der Waals surface area contributed by atoms with Crippen LogP contribution >= 0.6 is 10.0 Å². The van der Waals surface area contributed by atoms with Crippen LogP contribution in [0, 0.1) is 0 Å². The number of fused-ring (bicyclic) bond motifs is 1. The van der Waals surface area contributed by atoms with Crippen LogP contribution in [0.5, 0.6) is 0 Å². The predicted octanol–water partition coefficient (Wildman–Crippen LogP) is 3.46. The van der Waals surface area contributed by atoms with Crippen molar-refractivity contribution in [1.82, 2.24) is 4.90 Å². The number of β-lactam (4-membered cyclic amide) rings is 1. The lowest BCUT2D eigenvalue weighted by Gasteiger charge is -2.50. The molecule has 1 N–H and O–H groups in total. The summed E-state index contributed by atoms with van der Waals surface area (Å²) in [6.07, 6.45) is 0.149. The SMILES string of the molecule is CN(C(=O)[S@]1(CO)[C@@H]2CC(=O)N2[C@@H](C(=O)OCc2ccccc2)C1(C)C)c1ccccc1. The largest absolute Gasteiger partial charge is 0.459 e. The first kappa shape index (κ1) is 22.4. The monoisotopic (exact) mass is 456 g/mol. The van der Waals surface area contributed by atoms with Gasteiger partial charge in [-0.1, -0.05) is 48.5 Å². The molecule has 0 spiro atoms. The molecule has 170 valence electrons. The van der Waals surface area contributed by atoms with Gasteiger partial charge in [-0.15, -0.1) is 10.0 Å².